The zero-order valence-electron chi connectivity index (χ0n) is 13.2. The number of benzene rings is 1. The second-order valence-electron chi connectivity index (χ2n) is 5.96. The van der Waals surface area contributed by atoms with Crippen molar-refractivity contribution in [3.63, 3.8) is 0 Å². The van der Waals surface area contributed by atoms with Gasteiger partial charge in [0.05, 0.1) is 0 Å². The first-order valence-corrected chi connectivity index (χ1v) is 8.34. The molecule has 0 amide bonds. The minimum Gasteiger partial charge on any atom is -0.354 e. The summed E-state index contributed by atoms with van der Waals surface area (Å²) in [5.74, 6) is 1.12. The van der Waals surface area contributed by atoms with Crippen molar-refractivity contribution in [2.45, 2.75) is 19.3 Å². The Labute approximate surface area is 133 Å². The maximum atomic E-state index is 4.44. The van der Waals surface area contributed by atoms with Gasteiger partial charge in [-0.15, -0.1) is 0 Å². The minimum atomic E-state index is 1.09. The Bertz CT molecular complexity index is 533. The Hall–Kier alpha value is -1.87. The highest BCUT2D eigenvalue weighted by atomic mass is 15.3. The number of hydrogen-bond donors (Lipinski definition) is 0. The van der Waals surface area contributed by atoms with E-state index in [9.17, 15) is 0 Å². The maximum Gasteiger partial charge on any atom is 0.128 e. The van der Waals surface area contributed by atoms with Gasteiger partial charge in [-0.25, -0.2) is 4.98 Å². The molecule has 1 aromatic carbocycles. The lowest BCUT2D eigenvalue weighted by molar-refractivity contribution is 0.252. The van der Waals surface area contributed by atoms with E-state index in [2.05, 4.69) is 57.2 Å². The van der Waals surface area contributed by atoms with Crippen LogP contribution in [0.3, 0.4) is 0 Å². The highest BCUT2D eigenvalue weighted by Crippen LogP contribution is 2.13. The van der Waals surface area contributed by atoms with Gasteiger partial charge in [-0.2, -0.15) is 0 Å². The quantitative estimate of drug-likeness (QED) is 0.763. The molecule has 0 N–H and O–H groups in total. The maximum absolute atomic E-state index is 4.44. The summed E-state index contributed by atoms with van der Waals surface area (Å²) in [5, 5.41) is 0. The molecular formula is C19H25N3. The lowest BCUT2D eigenvalue weighted by Gasteiger charge is -2.35. The summed E-state index contributed by atoms with van der Waals surface area (Å²) in [6.07, 6.45) is 5.66. The van der Waals surface area contributed by atoms with Crippen molar-refractivity contribution in [3.8, 4) is 0 Å². The molecule has 1 aromatic heterocycles. The molecule has 0 saturated carbocycles. The molecule has 22 heavy (non-hydrogen) atoms. The van der Waals surface area contributed by atoms with Crippen LogP contribution in [0.1, 0.15) is 18.4 Å². The average Bonchev–Trinajstić information content (AvgIpc) is 2.61. The second-order valence-corrected chi connectivity index (χ2v) is 5.96. The molecule has 2 heterocycles. The standard InChI is InChI=1S/C19H25N3/c1-2-8-18(9-3-1)10-5-7-13-21-14-16-22(17-15-21)19-11-4-6-12-20-19/h1-4,6,8-9,11-12H,5,7,10,13-17H2. The SMILES string of the molecule is c1ccc(CCCCN2CCN(c3ccccn3)CC2)cc1. The molecule has 0 aliphatic carbocycles. The van der Waals surface area contributed by atoms with Crippen LogP contribution in [0.2, 0.25) is 0 Å². The van der Waals surface area contributed by atoms with Crippen molar-refractivity contribution >= 4 is 5.82 Å². The fourth-order valence-electron chi connectivity index (χ4n) is 3.05. The number of aryl methyl sites for hydroxylation is 1. The lowest BCUT2D eigenvalue weighted by Crippen LogP contribution is -2.46. The number of rotatable bonds is 6. The van der Waals surface area contributed by atoms with Gasteiger partial charge in [0.25, 0.3) is 0 Å². The van der Waals surface area contributed by atoms with E-state index in [1.54, 1.807) is 0 Å². The van der Waals surface area contributed by atoms with E-state index < -0.39 is 0 Å². The predicted molar refractivity (Wildman–Crippen MR) is 92.3 cm³/mol. The molecule has 2 aromatic rings. The largest absolute Gasteiger partial charge is 0.354 e. The molecule has 116 valence electrons. The minimum absolute atomic E-state index is 1.09. The first-order valence-electron chi connectivity index (χ1n) is 8.34. The van der Waals surface area contributed by atoms with Gasteiger partial charge in [0.2, 0.25) is 0 Å². The van der Waals surface area contributed by atoms with E-state index in [1.165, 1.54) is 31.4 Å². The number of pyridine rings is 1. The van der Waals surface area contributed by atoms with Crippen molar-refractivity contribution in [1.29, 1.82) is 0 Å². The van der Waals surface area contributed by atoms with Gasteiger partial charge in [-0.1, -0.05) is 36.4 Å². The Morgan fingerprint density at radius 3 is 2.32 bits per heavy atom. The molecule has 1 fully saturated rings. The third kappa shape index (κ3) is 4.31. The summed E-state index contributed by atoms with van der Waals surface area (Å²) in [6.45, 7) is 5.72. The van der Waals surface area contributed by atoms with Crippen molar-refractivity contribution < 1.29 is 0 Å². The smallest absolute Gasteiger partial charge is 0.128 e. The van der Waals surface area contributed by atoms with Crippen LogP contribution in [-0.2, 0) is 6.42 Å². The van der Waals surface area contributed by atoms with Gasteiger partial charge in [0, 0.05) is 32.4 Å². The number of aromatic nitrogens is 1. The Kier molecular flexibility index (Phi) is 5.43. The topological polar surface area (TPSA) is 19.4 Å². The van der Waals surface area contributed by atoms with Crippen LogP contribution in [-0.4, -0.2) is 42.6 Å². The van der Waals surface area contributed by atoms with Crippen LogP contribution < -0.4 is 4.90 Å². The molecule has 1 saturated heterocycles. The summed E-state index contributed by atoms with van der Waals surface area (Å²) in [5.41, 5.74) is 1.46. The second kappa shape index (κ2) is 7.95. The predicted octanol–water partition coefficient (Wildman–Crippen LogP) is 3.23. The molecule has 0 bridgehead atoms. The van der Waals surface area contributed by atoms with Crippen LogP contribution in [0.15, 0.2) is 54.7 Å². The van der Waals surface area contributed by atoms with E-state index in [1.807, 2.05) is 12.3 Å². The van der Waals surface area contributed by atoms with E-state index in [4.69, 9.17) is 0 Å². The Morgan fingerprint density at radius 2 is 1.59 bits per heavy atom. The van der Waals surface area contributed by atoms with Crippen molar-refractivity contribution in [2.24, 2.45) is 0 Å². The van der Waals surface area contributed by atoms with Gasteiger partial charge in [-0.3, -0.25) is 4.90 Å². The van der Waals surface area contributed by atoms with E-state index in [0.29, 0.717) is 0 Å². The summed E-state index contributed by atoms with van der Waals surface area (Å²) in [4.78, 5) is 9.42. The lowest BCUT2D eigenvalue weighted by atomic mass is 10.1. The van der Waals surface area contributed by atoms with Gasteiger partial charge < -0.3 is 4.90 Å². The molecule has 0 atom stereocenters. The number of hydrogen-bond acceptors (Lipinski definition) is 3. The van der Waals surface area contributed by atoms with Crippen LogP contribution in [0.4, 0.5) is 5.82 Å². The highest BCUT2D eigenvalue weighted by molar-refractivity contribution is 5.38. The fourth-order valence-corrected chi connectivity index (χ4v) is 3.05. The number of piperazine rings is 1. The molecule has 0 unspecified atom stereocenters. The van der Waals surface area contributed by atoms with Crippen molar-refractivity contribution in [3.05, 3.63) is 60.3 Å². The van der Waals surface area contributed by atoms with Crippen LogP contribution in [0.5, 0.6) is 0 Å². The molecule has 0 spiro atoms. The first-order chi connectivity index (χ1) is 10.9. The Morgan fingerprint density at radius 1 is 0.818 bits per heavy atom. The number of nitrogens with zero attached hydrogens (tertiary/aromatic N) is 3. The zero-order chi connectivity index (χ0) is 15.0. The Balaban J connectivity index is 1.34. The van der Waals surface area contributed by atoms with Crippen LogP contribution in [0.25, 0.3) is 0 Å². The molecule has 1 aliphatic heterocycles. The van der Waals surface area contributed by atoms with Crippen molar-refractivity contribution in [1.82, 2.24) is 9.88 Å². The number of anilines is 1. The normalized spacial score (nSPS) is 15.9. The fraction of sp³-hybridized carbons (Fsp3) is 0.421. The zero-order valence-corrected chi connectivity index (χ0v) is 13.2. The number of unbranched alkanes of at least 4 members (excludes halogenated alkanes) is 1. The van der Waals surface area contributed by atoms with Crippen LogP contribution in [0, 0.1) is 0 Å². The monoisotopic (exact) mass is 295 g/mol. The van der Waals surface area contributed by atoms with Gasteiger partial charge in [0.1, 0.15) is 5.82 Å². The third-order valence-electron chi connectivity index (χ3n) is 4.38. The summed E-state index contributed by atoms with van der Waals surface area (Å²) < 4.78 is 0. The van der Waals surface area contributed by atoms with Crippen LogP contribution >= 0.6 is 0 Å². The third-order valence-corrected chi connectivity index (χ3v) is 4.38. The van der Waals surface area contributed by atoms with Gasteiger partial charge >= 0.3 is 0 Å². The molecule has 1 aliphatic rings. The molecule has 0 radical (unpaired) electrons. The first kappa shape index (κ1) is 15.0. The molecule has 3 heteroatoms. The van der Waals surface area contributed by atoms with E-state index in [0.717, 1.165) is 32.0 Å². The summed E-state index contributed by atoms with van der Waals surface area (Å²) >= 11 is 0. The van der Waals surface area contributed by atoms with Crippen molar-refractivity contribution in [2.75, 3.05) is 37.6 Å². The van der Waals surface area contributed by atoms with E-state index in [-0.39, 0.29) is 0 Å². The molecule has 3 rings (SSSR count). The van der Waals surface area contributed by atoms with E-state index >= 15 is 0 Å². The highest BCUT2D eigenvalue weighted by Gasteiger charge is 2.17. The average molecular weight is 295 g/mol. The summed E-state index contributed by atoms with van der Waals surface area (Å²) in [6, 6.07) is 17.0. The molecule has 3 nitrogen and oxygen atoms in total. The van der Waals surface area contributed by atoms with Gasteiger partial charge in [0.15, 0.2) is 0 Å². The summed E-state index contributed by atoms with van der Waals surface area (Å²) in [7, 11) is 0. The van der Waals surface area contributed by atoms with Gasteiger partial charge in [-0.05, 0) is 43.5 Å². The molecular weight excluding hydrogens is 270 g/mol.